The van der Waals surface area contributed by atoms with Crippen molar-refractivity contribution in [1.82, 2.24) is 9.80 Å². The average Bonchev–Trinajstić information content (AvgIpc) is 2.30. The van der Waals surface area contributed by atoms with Gasteiger partial charge in [0, 0.05) is 32.7 Å². The van der Waals surface area contributed by atoms with Crippen LogP contribution in [0.1, 0.15) is 40.5 Å². The van der Waals surface area contributed by atoms with Crippen molar-refractivity contribution >= 4 is 0 Å². The molecule has 1 aliphatic heterocycles. The van der Waals surface area contributed by atoms with Gasteiger partial charge >= 0.3 is 0 Å². The van der Waals surface area contributed by atoms with E-state index in [1.807, 2.05) is 13.8 Å². The van der Waals surface area contributed by atoms with Gasteiger partial charge in [-0.25, -0.2) is 0 Å². The molecule has 0 bridgehead atoms. The molecule has 2 nitrogen and oxygen atoms in total. The quantitative estimate of drug-likeness (QED) is 0.736. The molecule has 1 radical (unpaired) electrons. The molecule has 1 rings (SSSR count). The second-order valence-corrected chi connectivity index (χ2v) is 4.62. The van der Waals surface area contributed by atoms with Crippen LogP contribution < -0.4 is 0 Å². The molecule has 1 heterocycles. The number of likely N-dealkylation sites (tertiary alicyclic amines) is 1. The van der Waals surface area contributed by atoms with Crippen molar-refractivity contribution in [2.24, 2.45) is 0 Å². The normalized spacial score (nSPS) is 17.6. The van der Waals surface area contributed by atoms with Crippen LogP contribution in [0.4, 0.5) is 0 Å². The smallest absolute Gasteiger partial charge is 0 e. The van der Waals surface area contributed by atoms with E-state index in [0.29, 0.717) is 6.04 Å². The van der Waals surface area contributed by atoms with Crippen LogP contribution in [-0.2, 0) is 32.7 Å². The van der Waals surface area contributed by atoms with Crippen molar-refractivity contribution < 1.29 is 32.7 Å². The molecule has 0 atom stereocenters. The van der Waals surface area contributed by atoms with Crippen LogP contribution >= 0.6 is 0 Å². The zero-order valence-electron chi connectivity index (χ0n) is 12.5. The Morgan fingerprint density at radius 2 is 1.71 bits per heavy atom. The second kappa shape index (κ2) is 12.1. The topological polar surface area (TPSA) is 6.48 Å². The zero-order chi connectivity index (χ0) is 12.6. The molecule has 17 heavy (non-hydrogen) atoms. The molecule has 0 spiro atoms. The van der Waals surface area contributed by atoms with E-state index in [1.165, 1.54) is 25.9 Å². The van der Waals surface area contributed by atoms with Gasteiger partial charge in [0.2, 0.25) is 0 Å². The van der Waals surface area contributed by atoms with Crippen molar-refractivity contribution in [3.05, 3.63) is 12.8 Å². The summed E-state index contributed by atoms with van der Waals surface area (Å²) in [5.74, 6) is 1.71. The van der Waals surface area contributed by atoms with Gasteiger partial charge in [-0.3, -0.25) is 5.92 Å². The third-order valence-corrected chi connectivity index (χ3v) is 3.14. The Labute approximate surface area is 134 Å². The molecular formula is C14H30N2Y-2. The summed E-state index contributed by atoms with van der Waals surface area (Å²) in [6.07, 6.45) is 2.56. The van der Waals surface area contributed by atoms with E-state index in [0.717, 1.165) is 13.1 Å². The summed E-state index contributed by atoms with van der Waals surface area (Å²) >= 11 is 0. The van der Waals surface area contributed by atoms with Crippen molar-refractivity contribution in [3.63, 3.8) is 0 Å². The van der Waals surface area contributed by atoms with Crippen molar-refractivity contribution in [2.75, 3.05) is 33.2 Å². The minimum absolute atomic E-state index is 0. The zero-order valence-corrected chi connectivity index (χ0v) is 15.3. The summed E-state index contributed by atoms with van der Waals surface area (Å²) < 4.78 is 0. The fourth-order valence-corrected chi connectivity index (χ4v) is 1.90. The number of hydrogen-bond donors (Lipinski definition) is 0. The van der Waals surface area contributed by atoms with E-state index in [2.05, 4.69) is 37.6 Å². The maximum absolute atomic E-state index is 3.99. The molecule has 0 amide bonds. The summed E-state index contributed by atoms with van der Waals surface area (Å²) in [6.45, 7) is 17.0. The summed E-state index contributed by atoms with van der Waals surface area (Å²) in [5.41, 5.74) is 0. The van der Waals surface area contributed by atoms with Gasteiger partial charge in [-0.05, 0) is 26.2 Å². The SMILES string of the molecule is CC.[CH2-]CN(C[C-]1CCN(C)CC1)C(C)C.[Y]. The summed E-state index contributed by atoms with van der Waals surface area (Å²) in [6, 6.07) is 0.625. The second-order valence-electron chi connectivity index (χ2n) is 4.62. The molecule has 0 unspecified atom stereocenters. The molecule has 0 aromatic carbocycles. The van der Waals surface area contributed by atoms with Crippen LogP contribution in [0.5, 0.6) is 0 Å². The molecule has 0 aromatic rings. The minimum atomic E-state index is 0. The molecule has 101 valence electrons. The average molecular weight is 315 g/mol. The van der Waals surface area contributed by atoms with E-state index in [-0.39, 0.29) is 32.7 Å². The first-order valence-corrected chi connectivity index (χ1v) is 6.69. The van der Waals surface area contributed by atoms with E-state index >= 15 is 0 Å². The number of rotatable bonds is 4. The molecule has 0 saturated carbocycles. The maximum atomic E-state index is 3.99. The van der Waals surface area contributed by atoms with Crippen LogP contribution in [0, 0.1) is 12.8 Å². The molecule has 3 heteroatoms. The third kappa shape index (κ3) is 8.69. The Balaban J connectivity index is 0. The van der Waals surface area contributed by atoms with Crippen LogP contribution in [0.25, 0.3) is 0 Å². The number of hydrogen-bond acceptors (Lipinski definition) is 2. The first-order valence-electron chi connectivity index (χ1n) is 6.69. The van der Waals surface area contributed by atoms with E-state index in [9.17, 15) is 0 Å². The van der Waals surface area contributed by atoms with Gasteiger partial charge in [0.1, 0.15) is 0 Å². The first kappa shape index (κ1) is 20.3. The molecule has 0 aromatic heterocycles. The molecule has 1 saturated heterocycles. The van der Waals surface area contributed by atoms with Gasteiger partial charge in [0.25, 0.3) is 0 Å². The van der Waals surface area contributed by atoms with Gasteiger partial charge in [-0.2, -0.15) is 12.8 Å². The maximum Gasteiger partial charge on any atom is 0 e. The minimum Gasteiger partial charge on any atom is -0.360 e. The molecule has 1 fully saturated rings. The standard InChI is InChI=1S/C12H24N2.C2H6.Y/c1-5-14(11(2)3)10-12-6-8-13(4)9-7-12;1-2;/h11H,1,5-10H2,2-4H3;1-2H3;/q-2;;. The Morgan fingerprint density at radius 1 is 1.24 bits per heavy atom. The number of nitrogens with zero attached hydrogens (tertiary/aromatic N) is 2. The number of piperidine rings is 1. The summed E-state index contributed by atoms with van der Waals surface area (Å²) in [4.78, 5) is 4.86. The first-order chi connectivity index (χ1) is 7.63. The largest absolute Gasteiger partial charge is 0.360 e. The Morgan fingerprint density at radius 3 is 2.06 bits per heavy atom. The van der Waals surface area contributed by atoms with Gasteiger partial charge in [0.15, 0.2) is 0 Å². The van der Waals surface area contributed by atoms with Gasteiger partial charge in [-0.1, -0.05) is 27.7 Å². The van der Waals surface area contributed by atoms with Crippen LogP contribution in [0.2, 0.25) is 0 Å². The molecular weight excluding hydrogens is 285 g/mol. The predicted octanol–water partition coefficient (Wildman–Crippen LogP) is 2.85. The van der Waals surface area contributed by atoms with E-state index in [1.54, 1.807) is 5.92 Å². The van der Waals surface area contributed by atoms with Gasteiger partial charge in [0.05, 0.1) is 0 Å². The van der Waals surface area contributed by atoms with Gasteiger partial charge < -0.3 is 16.7 Å². The van der Waals surface area contributed by atoms with Gasteiger partial charge in [-0.15, -0.1) is 13.1 Å². The van der Waals surface area contributed by atoms with Crippen molar-refractivity contribution in [1.29, 1.82) is 0 Å². The molecule has 0 N–H and O–H groups in total. The van der Waals surface area contributed by atoms with Crippen LogP contribution in [-0.4, -0.2) is 49.1 Å². The van der Waals surface area contributed by atoms with Crippen molar-refractivity contribution in [3.8, 4) is 0 Å². The predicted molar refractivity (Wildman–Crippen MR) is 73.4 cm³/mol. The third-order valence-electron chi connectivity index (χ3n) is 3.14. The van der Waals surface area contributed by atoms with Crippen LogP contribution in [0.15, 0.2) is 0 Å². The summed E-state index contributed by atoms with van der Waals surface area (Å²) in [5, 5.41) is 0. The fraction of sp³-hybridized carbons (Fsp3) is 0.857. The van der Waals surface area contributed by atoms with Crippen molar-refractivity contribution in [2.45, 2.75) is 46.6 Å². The molecule has 0 aliphatic carbocycles. The Bertz CT molecular complexity index is 154. The molecule has 1 aliphatic rings. The fourth-order valence-electron chi connectivity index (χ4n) is 1.90. The van der Waals surface area contributed by atoms with E-state index < -0.39 is 0 Å². The van der Waals surface area contributed by atoms with E-state index in [4.69, 9.17) is 0 Å². The summed E-state index contributed by atoms with van der Waals surface area (Å²) in [7, 11) is 2.21. The Hall–Kier alpha value is 1.02. The monoisotopic (exact) mass is 315 g/mol. The van der Waals surface area contributed by atoms with Crippen LogP contribution in [0.3, 0.4) is 0 Å². The Kier molecular flexibility index (Phi) is 14.5.